The monoisotopic (exact) mass is 404 g/mol. The zero-order chi connectivity index (χ0) is 20.0. The van der Waals surface area contributed by atoms with Gasteiger partial charge in [-0.1, -0.05) is 35.4 Å². The molecule has 0 saturated carbocycles. The summed E-state index contributed by atoms with van der Waals surface area (Å²) in [6.45, 7) is 6.66. The van der Waals surface area contributed by atoms with Gasteiger partial charge in [0.05, 0.1) is 21.2 Å². The maximum absolute atomic E-state index is 13.1. The first-order chi connectivity index (χ1) is 12.5. The van der Waals surface area contributed by atoms with Crippen molar-refractivity contribution in [1.82, 2.24) is 9.19 Å². The van der Waals surface area contributed by atoms with Crippen LogP contribution < -0.4 is 0 Å². The van der Waals surface area contributed by atoms with Gasteiger partial charge in [-0.2, -0.15) is 17.6 Å². The molecule has 3 rings (SSSR count). The largest absolute Gasteiger partial charge is 0.283 e. The summed E-state index contributed by atoms with van der Waals surface area (Å²) >= 11 is 0. The summed E-state index contributed by atoms with van der Waals surface area (Å²) in [5.74, 6) is 0. The Morgan fingerprint density at radius 3 is 1.63 bits per heavy atom. The van der Waals surface area contributed by atoms with E-state index in [1.165, 1.54) is 38.1 Å². The van der Waals surface area contributed by atoms with Gasteiger partial charge in [-0.3, -0.25) is 0 Å². The molecule has 0 amide bonds. The van der Waals surface area contributed by atoms with E-state index in [0.717, 1.165) is 15.2 Å². The zero-order valence-corrected chi connectivity index (χ0v) is 17.1. The Morgan fingerprint density at radius 1 is 0.704 bits per heavy atom. The van der Waals surface area contributed by atoms with Crippen LogP contribution in [0.4, 0.5) is 0 Å². The van der Waals surface area contributed by atoms with Gasteiger partial charge in [-0.25, -0.2) is 8.42 Å². The van der Waals surface area contributed by atoms with E-state index in [1.807, 2.05) is 13.8 Å². The number of hydrogen-bond acceptors (Lipinski definition) is 5. The highest BCUT2D eigenvalue weighted by molar-refractivity contribution is 7.92. The van der Waals surface area contributed by atoms with Gasteiger partial charge in [-0.15, -0.1) is 0 Å². The molecule has 0 bridgehead atoms. The maximum Gasteiger partial charge on any atom is 0.283 e. The topological polar surface area (TPSA) is 86.1 Å². The molecule has 2 aromatic carbocycles. The summed E-state index contributed by atoms with van der Waals surface area (Å²) in [4.78, 5) is 0.0756. The third-order valence-electron chi connectivity index (χ3n) is 4.33. The summed E-state index contributed by atoms with van der Waals surface area (Å²) in [5.41, 5.74) is 2.06. The first-order valence-corrected chi connectivity index (χ1v) is 11.2. The van der Waals surface area contributed by atoms with Crippen LogP contribution in [0.25, 0.3) is 0 Å². The van der Waals surface area contributed by atoms with Crippen molar-refractivity contribution in [3.05, 3.63) is 71.0 Å². The third-order valence-corrected chi connectivity index (χ3v) is 8.03. The molecule has 1 heterocycles. The van der Waals surface area contributed by atoms with Crippen molar-refractivity contribution in [3.63, 3.8) is 0 Å². The fourth-order valence-corrected chi connectivity index (χ4v) is 5.93. The first kappa shape index (κ1) is 19.3. The van der Waals surface area contributed by atoms with Gasteiger partial charge in [0.25, 0.3) is 10.0 Å². The molecule has 27 heavy (non-hydrogen) atoms. The predicted molar refractivity (Wildman–Crippen MR) is 102 cm³/mol. The van der Waals surface area contributed by atoms with E-state index in [0.29, 0.717) is 0 Å². The van der Waals surface area contributed by atoms with Crippen molar-refractivity contribution in [2.45, 2.75) is 42.4 Å². The quantitative estimate of drug-likeness (QED) is 0.667. The normalized spacial score (nSPS) is 12.3. The number of benzene rings is 2. The molecule has 0 saturated heterocycles. The highest BCUT2D eigenvalue weighted by atomic mass is 32.2. The molecule has 0 spiro atoms. The van der Waals surface area contributed by atoms with Gasteiger partial charge >= 0.3 is 0 Å². The van der Waals surface area contributed by atoms with E-state index >= 15 is 0 Å². The fourth-order valence-electron chi connectivity index (χ4n) is 2.87. The summed E-state index contributed by atoms with van der Waals surface area (Å²) in [6, 6.07) is 12.7. The van der Waals surface area contributed by atoms with Crippen molar-refractivity contribution in [2.75, 3.05) is 0 Å². The molecule has 0 unspecified atom stereocenters. The number of hydrogen-bond donors (Lipinski definition) is 0. The number of rotatable bonds is 4. The second-order valence-electron chi connectivity index (χ2n) is 6.48. The van der Waals surface area contributed by atoms with Crippen LogP contribution in [0.15, 0.2) is 63.2 Å². The second-order valence-corrected chi connectivity index (χ2v) is 10.1. The average molecular weight is 405 g/mol. The Morgan fingerprint density at radius 2 is 1.15 bits per heavy atom. The number of aromatic nitrogens is 2. The maximum atomic E-state index is 13.1. The van der Waals surface area contributed by atoms with Crippen LogP contribution in [0.2, 0.25) is 0 Å². The molecule has 0 aliphatic rings. The van der Waals surface area contributed by atoms with Gasteiger partial charge in [0.1, 0.15) is 4.90 Å². The molecular formula is C19H20N2O4S2. The van der Waals surface area contributed by atoms with Crippen molar-refractivity contribution < 1.29 is 16.8 Å². The van der Waals surface area contributed by atoms with Crippen molar-refractivity contribution in [1.29, 1.82) is 0 Å². The van der Waals surface area contributed by atoms with E-state index in [9.17, 15) is 16.8 Å². The number of aryl methyl sites for hydroxylation is 3. The average Bonchev–Trinajstić information content (AvgIpc) is 2.91. The SMILES string of the molecule is Cc1ccc(S(=O)(=O)c2c(C)nn(S(=O)(=O)c3ccc(C)cc3)c2C)cc1. The first-order valence-electron chi connectivity index (χ1n) is 8.25. The van der Waals surface area contributed by atoms with E-state index in [2.05, 4.69) is 5.10 Å². The molecule has 0 aliphatic carbocycles. The lowest BCUT2D eigenvalue weighted by Gasteiger charge is -2.08. The molecule has 1 aromatic heterocycles. The van der Waals surface area contributed by atoms with Crippen molar-refractivity contribution in [2.24, 2.45) is 0 Å². The van der Waals surface area contributed by atoms with Gasteiger partial charge in [-0.05, 0) is 52.0 Å². The zero-order valence-electron chi connectivity index (χ0n) is 15.5. The van der Waals surface area contributed by atoms with E-state index in [-0.39, 0.29) is 26.1 Å². The van der Waals surface area contributed by atoms with Gasteiger partial charge in [0.2, 0.25) is 9.84 Å². The molecule has 0 atom stereocenters. The third kappa shape index (κ3) is 3.30. The van der Waals surface area contributed by atoms with Gasteiger partial charge in [0, 0.05) is 0 Å². The Balaban J connectivity index is 2.18. The number of sulfone groups is 1. The lowest BCUT2D eigenvalue weighted by molar-refractivity contribution is 0.577. The Labute approximate surface area is 159 Å². The van der Waals surface area contributed by atoms with E-state index < -0.39 is 19.9 Å². The highest BCUT2D eigenvalue weighted by Gasteiger charge is 2.31. The van der Waals surface area contributed by atoms with Crippen LogP contribution in [0.5, 0.6) is 0 Å². The lowest BCUT2D eigenvalue weighted by atomic mass is 10.2. The van der Waals surface area contributed by atoms with E-state index in [1.54, 1.807) is 24.3 Å². The standard InChI is InChI=1S/C19H20N2O4S2/c1-13-5-9-17(10-6-13)26(22,23)19-15(3)20-21(16(19)4)27(24,25)18-11-7-14(2)8-12-18/h5-12H,1-4H3. The molecule has 3 aromatic rings. The number of nitrogens with zero attached hydrogens (tertiary/aromatic N) is 2. The second kappa shape index (κ2) is 6.61. The molecule has 6 nitrogen and oxygen atoms in total. The molecule has 8 heteroatoms. The van der Waals surface area contributed by atoms with Crippen LogP contribution in [0.1, 0.15) is 22.5 Å². The predicted octanol–water partition coefficient (Wildman–Crippen LogP) is 3.19. The summed E-state index contributed by atoms with van der Waals surface area (Å²) < 4.78 is 52.8. The minimum atomic E-state index is -4.00. The van der Waals surface area contributed by atoms with Crippen molar-refractivity contribution in [3.8, 4) is 0 Å². The van der Waals surface area contributed by atoms with Gasteiger partial charge in [0.15, 0.2) is 0 Å². The fraction of sp³-hybridized carbons (Fsp3) is 0.211. The van der Waals surface area contributed by atoms with Crippen LogP contribution in [0, 0.1) is 27.7 Å². The van der Waals surface area contributed by atoms with Gasteiger partial charge < -0.3 is 0 Å². The lowest BCUT2D eigenvalue weighted by Crippen LogP contribution is -2.16. The Kier molecular flexibility index (Phi) is 4.73. The molecule has 0 N–H and O–H groups in total. The summed E-state index contributed by atoms with van der Waals surface area (Å²) in [5, 5.41) is 4.04. The van der Waals surface area contributed by atoms with Crippen molar-refractivity contribution >= 4 is 19.9 Å². The molecule has 142 valence electrons. The Bertz CT molecular complexity index is 1210. The van der Waals surface area contributed by atoms with Crippen LogP contribution in [0.3, 0.4) is 0 Å². The molecule has 0 fully saturated rings. The molecular weight excluding hydrogens is 384 g/mol. The van der Waals surface area contributed by atoms with Crippen LogP contribution >= 0.6 is 0 Å². The minimum absolute atomic E-state index is 0.0537. The van der Waals surface area contributed by atoms with Crippen LogP contribution in [-0.4, -0.2) is 26.0 Å². The Hall–Kier alpha value is -2.45. The van der Waals surface area contributed by atoms with E-state index in [4.69, 9.17) is 0 Å². The molecule has 0 aliphatic heterocycles. The summed E-state index contributed by atoms with van der Waals surface area (Å²) in [6.07, 6.45) is 0. The van der Waals surface area contributed by atoms with Crippen LogP contribution in [-0.2, 0) is 19.9 Å². The molecule has 0 radical (unpaired) electrons. The summed E-state index contributed by atoms with van der Waals surface area (Å²) in [7, 11) is -7.89. The minimum Gasteiger partial charge on any atom is -0.218 e. The smallest absolute Gasteiger partial charge is 0.218 e. The highest BCUT2D eigenvalue weighted by Crippen LogP contribution is 2.29.